The van der Waals surface area contributed by atoms with Crippen LogP contribution in [0.25, 0.3) is 0 Å². The summed E-state index contributed by atoms with van der Waals surface area (Å²) in [5.74, 6) is 0.611. The zero-order valence-corrected chi connectivity index (χ0v) is 29.5. The molecule has 5 rings (SSSR count). The van der Waals surface area contributed by atoms with Crippen LogP contribution < -0.4 is 14.9 Å². The number of sulfonamides is 1. The molecule has 2 N–H and O–H groups in total. The van der Waals surface area contributed by atoms with Gasteiger partial charge in [-0.3, -0.25) is 9.78 Å². The number of amides is 1. The minimum atomic E-state index is -4.26. The van der Waals surface area contributed by atoms with Gasteiger partial charge in [-0.15, -0.1) is 0 Å². The van der Waals surface area contributed by atoms with E-state index in [0.717, 1.165) is 50.0 Å². The highest BCUT2D eigenvalue weighted by atomic mass is 32.2. The number of hydrogen-bond donors (Lipinski definition) is 2. The second-order valence-electron chi connectivity index (χ2n) is 15.9. The molecule has 248 valence electrons. The summed E-state index contributed by atoms with van der Waals surface area (Å²) >= 11 is 0. The van der Waals surface area contributed by atoms with E-state index in [4.69, 9.17) is 9.97 Å². The fourth-order valence-electron chi connectivity index (χ4n) is 6.44. The Bertz CT molecular complexity index is 1670. The molecule has 2 atom stereocenters. The standard InChI is InChI=1S/C36H50N6O3S/c1-34(2,3)19-18-24-12-14-26(37-22-24)20-27-15-13-25-21-36(7,8)42(23-25)32-28(16-17-29(39-32)35(4,5)6)33(43)41-46(44,45)31-11-9-10-30(38-27)40-31/h9-12,14,16-17,22,25,27H,13,15,18-21,23H2,1-8H3,(H,38,40)(H,41,43)/t25-,27?/m0/s1. The molecule has 3 aromatic heterocycles. The van der Waals surface area contributed by atoms with Crippen molar-refractivity contribution < 1.29 is 13.2 Å². The second kappa shape index (κ2) is 12.6. The lowest BCUT2D eigenvalue weighted by Crippen LogP contribution is -2.41. The molecule has 0 radical (unpaired) electrons. The first kappa shape index (κ1) is 33.8. The van der Waals surface area contributed by atoms with Crippen molar-refractivity contribution in [2.75, 3.05) is 16.8 Å². The van der Waals surface area contributed by atoms with E-state index in [1.165, 1.54) is 11.6 Å². The van der Waals surface area contributed by atoms with Crippen LogP contribution in [-0.4, -0.2) is 47.4 Å². The number of carbonyl (C=O) groups is 1. The zero-order chi connectivity index (χ0) is 33.5. The third kappa shape index (κ3) is 8.06. The summed E-state index contributed by atoms with van der Waals surface area (Å²) in [6.07, 6.45) is 7.46. The highest BCUT2D eigenvalue weighted by molar-refractivity contribution is 7.90. The van der Waals surface area contributed by atoms with Crippen LogP contribution in [0, 0.1) is 11.3 Å². The number of hydrogen-bond acceptors (Lipinski definition) is 8. The van der Waals surface area contributed by atoms with Crippen LogP contribution in [0.4, 0.5) is 11.6 Å². The van der Waals surface area contributed by atoms with Crippen molar-refractivity contribution in [3.8, 4) is 0 Å². The number of aryl methyl sites for hydroxylation is 1. The van der Waals surface area contributed by atoms with Crippen LogP contribution in [-0.2, 0) is 28.3 Å². The Morgan fingerprint density at radius 2 is 1.74 bits per heavy atom. The molecule has 0 aromatic carbocycles. The molecule has 3 aromatic rings. The number of aromatic nitrogens is 3. The van der Waals surface area contributed by atoms with Crippen LogP contribution in [0.2, 0.25) is 0 Å². The van der Waals surface area contributed by atoms with Gasteiger partial charge >= 0.3 is 0 Å². The van der Waals surface area contributed by atoms with Gasteiger partial charge in [0.1, 0.15) is 11.6 Å². The molecule has 0 spiro atoms. The Morgan fingerprint density at radius 1 is 0.978 bits per heavy atom. The predicted octanol–water partition coefficient (Wildman–Crippen LogP) is 6.69. The largest absolute Gasteiger partial charge is 0.367 e. The van der Waals surface area contributed by atoms with Crippen LogP contribution in [0.15, 0.2) is 53.7 Å². The molecular formula is C36H50N6O3S. The quantitative estimate of drug-likeness (QED) is 0.322. The first-order valence-electron chi connectivity index (χ1n) is 16.4. The molecule has 4 bridgehead atoms. The molecule has 0 aliphatic carbocycles. The van der Waals surface area contributed by atoms with Gasteiger partial charge in [0, 0.05) is 47.5 Å². The van der Waals surface area contributed by atoms with E-state index in [-0.39, 0.29) is 33.0 Å². The Balaban J connectivity index is 1.49. The summed E-state index contributed by atoms with van der Waals surface area (Å²) in [6.45, 7) is 18.1. The Kier molecular flexibility index (Phi) is 9.25. The summed E-state index contributed by atoms with van der Waals surface area (Å²) < 4.78 is 29.3. The lowest BCUT2D eigenvalue weighted by molar-refractivity contribution is 0.0981. The maximum Gasteiger partial charge on any atom is 0.281 e. The van der Waals surface area contributed by atoms with E-state index in [1.54, 1.807) is 18.2 Å². The van der Waals surface area contributed by atoms with Crippen molar-refractivity contribution in [1.29, 1.82) is 0 Å². The molecule has 9 nitrogen and oxygen atoms in total. The van der Waals surface area contributed by atoms with E-state index >= 15 is 0 Å². The molecule has 1 unspecified atom stereocenters. The zero-order valence-electron chi connectivity index (χ0n) is 28.6. The average molecular weight is 647 g/mol. The smallest absolute Gasteiger partial charge is 0.281 e. The fraction of sp³-hybridized carbons (Fsp3) is 0.556. The van der Waals surface area contributed by atoms with Crippen LogP contribution in [0.5, 0.6) is 0 Å². The summed E-state index contributed by atoms with van der Waals surface area (Å²) in [6, 6.07) is 12.6. The molecule has 1 amide bonds. The van der Waals surface area contributed by atoms with Crippen molar-refractivity contribution in [1.82, 2.24) is 19.7 Å². The molecule has 10 heteroatoms. The number of rotatable bonds is 4. The summed E-state index contributed by atoms with van der Waals surface area (Å²) in [7, 11) is -4.26. The third-order valence-corrected chi connectivity index (χ3v) is 10.3. The van der Waals surface area contributed by atoms with E-state index in [9.17, 15) is 13.2 Å². The van der Waals surface area contributed by atoms with Crippen molar-refractivity contribution in [3.63, 3.8) is 0 Å². The van der Waals surface area contributed by atoms with Gasteiger partial charge in [-0.05, 0) is 93.2 Å². The van der Waals surface area contributed by atoms with E-state index < -0.39 is 15.9 Å². The summed E-state index contributed by atoms with van der Waals surface area (Å²) in [4.78, 5) is 30.1. The number of anilines is 2. The normalized spacial score (nSPS) is 21.4. The fourth-order valence-corrected chi connectivity index (χ4v) is 7.38. The van der Waals surface area contributed by atoms with Gasteiger partial charge in [-0.25, -0.2) is 14.7 Å². The lowest BCUT2D eigenvalue weighted by atomic mass is 9.89. The number of nitrogens with zero attached hydrogens (tertiary/aromatic N) is 4. The predicted molar refractivity (Wildman–Crippen MR) is 184 cm³/mol. The number of carbonyl (C=O) groups excluding carboxylic acids is 1. The van der Waals surface area contributed by atoms with Crippen molar-refractivity contribution in [3.05, 3.63) is 71.2 Å². The maximum atomic E-state index is 13.7. The van der Waals surface area contributed by atoms with Gasteiger partial charge in [0.05, 0.1) is 5.56 Å². The molecular weight excluding hydrogens is 597 g/mol. The van der Waals surface area contributed by atoms with Gasteiger partial charge in [0.15, 0.2) is 5.03 Å². The Morgan fingerprint density at radius 3 is 2.41 bits per heavy atom. The van der Waals surface area contributed by atoms with Crippen LogP contribution in [0.3, 0.4) is 0 Å². The topological polar surface area (TPSA) is 117 Å². The van der Waals surface area contributed by atoms with E-state index in [0.29, 0.717) is 24.0 Å². The lowest BCUT2D eigenvalue weighted by Gasteiger charge is -2.34. The monoisotopic (exact) mass is 646 g/mol. The van der Waals surface area contributed by atoms with Crippen LogP contribution >= 0.6 is 0 Å². The van der Waals surface area contributed by atoms with Gasteiger partial charge in [-0.2, -0.15) is 8.42 Å². The first-order chi connectivity index (χ1) is 21.4. The molecule has 5 heterocycles. The number of nitrogens with one attached hydrogen (secondary N) is 2. The molecule has 2 aliphatic heterocycles. The number of pyridine rings is 3. The Hall–Kier alpha value is -3.53. The van der Waals surface area contributed by atoms with Gasteiger partial charge in [0.25, 0.3) is 15.9 Å². The second-order valence-corrected chi connectivity index (χ2v) is 17.6. The minimum Gasteiger partial charge on any atom is -0.367 e. The van der Waals surface area contributed by atoms with Gasteiger partial charge in [0.2, 0.25) is 0 Å². The average Bonchev–Trinajstić information content (AvgIpc) is 3.27. The molecule has 1 fully saturated rings. The number of fused-ring (bicyclic) bond motifs is 6. The molecule has 1 saturated heterocycles. The molecule has 2 aliphatic rings. The van der Waals surface area contributed by atoms with Gasteiger partial charge in [-0.1, -0.05) is 53.7 Å². The minimum absolute atomic E-state index is 0.0202. The summed E-state index contributed by atoms with van der Waals surface area (Å²) in [5, 5.41) is 3.29. The first-order valence-corrected chi connectivity index (χ1v) is 17.9. The highest BCUT2D eigenvalue weighted by Crippen LogP contribution is 2.40. The molecule has 0 saturated carbocycles. The highest BCUT2D eigenvalue weighted by Gasteiger charge is 2.41. The molecule has 46 heavy (non-hydrogen) atoms. The third-order valence-electron chi connectivity index (χ3n) is 9.11. The SMILES string of the molecule is CC(C)(C)CCc1ccc(CC2CC[C@@H]3CN(c4nc(C(C)(C)C)ccc4C(=O)NS(=O)(=O)c4cccc(n4)N2)C(C)(C)C3)nc1. The van der Waals surface area contributed by atoms with Crippen molar-refractivity contribution in [2.45, 2.75) is 116 Å². The van der Waals surface area contributed by atoms with E-state index in [1.807, 2.05) is 12.3 Å². The van der Waals surface area contributed by atoms with Gasteiger partial charge < -0.3 is 10.2 Å². The van der Waals surface area contributed by atoms with Crippen molar-refractivity contribution >= 4 is 27.6 Å². The Labute approximate surface area is 275 Å². The maximum absolute atomic E-state index is 13.7. The van der Waals surface area contributed by atoms with Crippen LogP contribution in [0.1, 0.15) is 108 Å². The summed E-state index contributed by atoms with van der Waals surface area (Å²) in [5.41, 5.74) is 3.03. The van der Waals surface area contributed by atoms with E-state index in [2.05, 4.69) is 87.4 Å². The van der Waals surface area contributed by atoms with Crippen molar-refractivity contribution in [2.24, 2.45) is 11.3 Å².